The third-order valence-electron chi connectivity index (χ3n) is 1.96. The second kappa shape index (κ2) is 3.97. The lowest BCUT2D eigenvalue weighted by molar-refractivity contribution is 0.730. The van der Waals surface area contributed by atoms with Gasteiger partial charge >= 0.3 is 0 Å². The topological polar surface area (TPSA) is 119 Å². The van der Waals surface area contributed by atoms with Crippen LogP contribution in [0, 0.1) is 5.41 Å². The van der Waals surface area contributed by atoms with Crippen molar-refractivity contribution in [3.63, 3.8) is 0 Å². The highest BCUT2D eigenvalue weighted by molar-refractivity contribution is 5.77. The van der Waals surface area contributed by atoms with Crippen molar-refractivity contribution in [1.82, 2.24) is 19.7 Å². The van der Waals surface area contributed by atoms with Crippen LogP contribution in [0.25, 0.3) is 11.4 Å². The van der Waals surface area contributed by atoms with E-state index in [2.05, 4.69) is 15.1 Å². The van der Waals surface area contributed by atoms with E-state index in [-0.39, 0.29) is 12.4 Å². The van der Waals surface area contributed by atoms with Crippen LogP contribution in [-0.2, 0) is 6.54 Å². The lowest BCUT2D eigenvalue weighted by atomic mass is 10.3. The molecule has 0 saturated heterocycles. The summed E-state index contributed by atoms with van der Waals surface area (Å²) in [6, 6.07) is 1.67. The number of nitrogens with two attached hydrogens (primary N) is 2. The van der Waals surface area contributed by atoms with Gasteiger partial charge in [0, 0.05) is 18.5 Å². The zero-order valence-electron chi connectivity index (χ0n) is 8.46. The standard InChI is InChI=1S/C9H11N7/c10-8(11)5-16-9(12)3-6(15-16)7-4-13-1-2-14-7/h1-4H,5,12H2,(H3,10,11). The Hall–Kier alpha value is -2.44. The van der Waals surface area contributed by atoms with Crippen LogP contribution in [0.1, 0.15) is 0 Å². The molecular formula is C9H11N7. The van der Waals surface area contributed by atoms with Crippen LogP contribution >= 0.6 is 0 Å². The van der Waals surface area contributed by atoms with E-state index in [9.17, 15) is 0 Å². The van der Waals surface area contributed by atoms with Gasteiger partial charge in [0.25, 0.3) is 0 Å². The molecule has 0 amide bonds. The molecule has 2 heterocycles. The Morgan fingerprint density at radius 2 is 2.19 bits per heavy atom. The van der Waals surface area contributed by atoms with Crippen molar-refractivity contribution in [3.8, 4) is 11.4 Å². The van der Waals surface area contributed by atoms with Gasteiger partial charge in [-0.15, -0.1) is 0 Å². The van der Waals surface area contributed by atoms with E-state index < -0.39 is 0 Å². The number of nitrogens with one attached hydrogen (secondary N) is 1. The third kappa shape index (κ3) is 1.97. The largest absolute Gasteiger partial charge is 0.386 e. The van der Waals surface area contributed by atoms with Gasteiger partial charge in [-0.1, -0.05) is 0 Å². The van der Waals surface area contributed by atoms with Crippen LogP contribution in [0.5, 0.6) is 0 Å². The van der Waals surface area contributed by atoms with Gasteiger partial charge in [-0.05, 0) is 0 Å². The fraction of sp³-hybridized carbons (Fsp3) is 0.111. The first-order valence-corrected chi connectivity index (χ1v) is 4.59. The average Bonchev–Trinajstić information content (AvgIpc) is 2.61. The molecule has 0 unspecified atom stereocenters. The van der Waals surface area contributed by atoms with E-state index in [4.69, 9.17) is 16.9 Å². The fourth-order valence-electron chi connectivity index (χ4n) is 1.28. The summed E-state index contributed by atoms with van der Waals surface area (Å²) in [6.07, 6.45) is 4.76. The molecule has 2 aromatic heterocycles. The zero-order valence-corrected chi connectivity index (χ0v) is 8.46. The minimum absolute atomic E-state index is 0.000459. The quantitative estimate of drug-likeness (QED) is 0.488. The molecule has 7 heteroatoms. The second-order valence-corrected chi connectivity index (χ2v) is 3.23. The van der Waals surface area contributed by atoms with Gasteiger partial charge in [0.2, 0.25) is 0 Å². The van der Waals surface area contributed by atoms with Gasteiger partial charge in [-0.3, -0.25) is 15.4 Å². The molecule has 0 aliphatic carbocycles. The summed E-state index contributed by atoms with van der Waals surface area (Å²) in [7, 11) is 0. The molecule has 0 bridgehead atoms. The molecule has 2 aromatic rings. The minimum atomic E-state index is 0.000459. The number of rotatable bonds is 3. The van der Waals surface area contributed by atoms with Gasteiger partial charge in [0.05, 0.1) is 12.7 Å². The zero-order chi connectivity index (χ0) is 11.5. The Labute approximate surface area is 91.6 Å². The van der Waals surface area contributed by atoms with Crippen LogP contribution < -0.4 is 11.5 Å². The maximum Gasteiger partial charge on any atom is 0.122 e. The number of nitrogen functional groups attached to an aromatic ring is 1. The molecule has 5 N–H and O–H groups in total. The van der Waals surface area contributed by atoms with Gasteiger partial charge in [0.15, 0.2) is 0 Å². The molecule has 16 heavy (non-hydrogen) atoms. The molecule has 0 atom stereocenters. The molecule has 0 aliphatic rings. The molecule has 82 valence electrons. The molecular weight excluding hydrogens is 206 g/mol. The lowest BCUT2D eigenvalue weighted by Crippen LogP contribution is -2.19. The summed E-state index contributed by atoms with van der Waals surface area (Å²) in [6.45, 7) is 0.173. The van der Waals surface area contributed by atoms with Crippen LogP contribution in [0.4, 0.5) is 5.82 Å². The summed E-state index contributed by atoms with van der Waals surface area (Å²) >= 11 is 0. The summed E-state index contributed by atoms with van der Waals surface area (Å²) in [5.41, 5.74) is 12.3. The number of anilines is 1. The van der Waals surface area contributed by atoms with Crippen molar-refractivity contribution in [1.29, 1.82) is 5.41 Å². The first-order valence-electron chi connectivity index (χ1n) is 4.59. The molecule has 2 rings (SSSR count). The lowest BCUT2D eigenvalue weighted by Gasteiger charge is -2.00. The Bertz CT molecular complexity index is 502. The van der Waals surface area contributed by atoms with Gasteiger partial charge in [-0.2, -0.15) is 5.10 Å². The van der Waals surface area contributed by atoms with Gasteiger partial charge in [0.1, 0.15) is 23.0 Å². The SMILES string of the molecule is N=C(N)Cn1nc(-c2cnccn2)cc1N. The summed E-state index contributed by atoms with van der Waals surface area (Å²) in [5.74, 6) is 0.441. The Kier molecular flexibility index (Phi) is 2.50. The monoisotopic (exact) mass is 217 g/mol. The van der Waals surface area contributed by atoms with E-state index in [0.717, 1.165) is 0 Å². The molecule has 7 nitrogen and oxygen atoms in total. The Morgan fingerprint density at radius 3 is 2.81 bits per heavy atom. The first-order chi connectivity index (χ1) is 7.66. The highest BCUT2D eigenvalue weighted by Crippen LogP contribution is 2.16. The van der Waals surface area contributed by atoms with Crippen molar-refractivity contribution in [3.05, 3.63) is 24.7 Å². The van der Waals surface area contributed by atoms with E-state index in [1.807, 2.05) is 0 Å². The summed E-state index contributed by atoms with van der Waals surface area (Å²) < 4.78 is 1.45. The number of hydrogen-bond donors (Lipinski definition) is 3. The van der Waals surface area contributed by atoms with E-state index in [1.54, 1.807) is 24.7 Å². The molecule has 0 radical (unpaired) electrons. The van der Waals surface area contributed by atoms with Crippen molar-refractivity contribution in [2.24, 2.45) is 5.73 Å². The van der Waals surface area contributed by atoms with E-state index in [1.165, 1.54) is 4.68 Å². The fourth-order valence-corrected chi connectivity index (χ4v) is 1.28. The summed E-state index contributed by atoms with van der Waals surface area (Å²) in [5, 5.41) is 11.4. The van der Waals surface area contributed by atoms with E-state index >= 15 is 0 Å². The predicted molar refractivity (Wildman–Crippen MR) is 59.6 cm³/mol. The van der Waals surface area contributed by atoms with Gasteiger partial charge < -0.3 is 11.5 Å². The molecule has 0 aromatic carbocycles. The molecule has 0 saturated carbocycles. The van der Waals surface area contributed by atoms with Crippen molar-refractivity contribution >= 4 is 11.7 Å². The highest BCUT2D eigenvalue weighted by Gasteiger charge is 2.08. The number of aromatic nitrogens is 4. The number of amidine groups is 1. The van der Waals surface area contributed by atoms with E-state index in [0.29, 0.717) is 17.2 Å². The smallest absolute Gasteiger partial charge is 0.122 e. The van der Waals surface area contributed by atoms with Crippen LogP contribution in [-0.4, -0.2) is 25.6 Å². The third-order valence-corrected chi connectivity index (χ3v) is 1.96. The van der Waals surface area contributed by atoms with Crippen LogP contribution in [0.2, 0.25) is 0 Å². The molecule has 0 aliphatic heterocycles. The molecule has 0 fully saturated rings. The summed E-state index contributed by atoms with van der Waals surface area (Å²) in [4.78, 5) is 8.05. The van der Waals surface area contributed by atoms with Crippen molar-refractivity contribution in [2.45, 2.75) is 6.54 Å². The highest BCUT2D eigenvalue weighted by atomic mass is 15.3. The predicted octanol–water partition coefficient (Wildman–Crippen LogP) is -0.142. The molecule has 0 spiro atoms. The van der Waals surface area contributed by atoms with Crippen LogP contribution in [0.3, 0.4) is 0 Å². The van der Waals surface area contributed by atoms with Gasteiger partial charge in [-0.25, -0.2) is 4.68 Å². The van der Waals surface area contributed by atoms with Crippen molar-refractivity contribution < 1.29 is 0 Å². The average molecular weight is 217 g/mol. The Morgan fingerprint density at radius 1 is 1.38 bits per heavy atom. The first kappa shape index (κ1) is 10.1. The number of hydrogen-bond acceptors (Lipinski definition) is 5. The van der Waals surface area contributed by atoms with Crippen molar-refractivity contribution in [2.75, 3.05) is 5.73 Å². The second-order valence-electron chi connectivity index (χ2n) is 3.23. The maximum atomic E-state index is 7.18. The Balaban J connectivity index is 2.34. The van der Waals surface area contributed by atoms with Crippen LogP contribution in [0.15, 0.2) is 24.7 Å². The normalized spacial score (nSPS) is 10.2. The maximum absolute atomic E-state index is 7.18. The minimum Gasteiger partial charge on any atom is -0.386 e. The number of nitrogens with zero attached hydrogens (tertiary/aromatic N) is 4.